The minimum absolute atomic E-state index is 0.234. The van der Waals surface area contributed by atoms with E-state index in [9.17, 15) is 18.0 Å². The van der Waals surface area contributed by atoms with E-state index < -0.39 is 23.3 Å². The molecule has 1 fully saturated rings. The number of aryl methyl sites for hydroxylation is 1. The summed E-state index contributed by atoms with van der Waals surface area (Å²) in [5.41, 5.74) is 0.376. The Morgan fingerprint density at radius 2 is 1.96 bits per heavy atom. The SMILES string of the molecule is Cc1ccc(-n2ncc(C(=O)Nc3nc(C4CC4)cs3)c2C(F)(F)F)cc1. The minimum Gasteiger partial charge on any atom is -0.298 e. The topological polar surface area (TPSA) is 59.8 Å². The van der Waals surface area contributed by atoms with Crippen LogP contribution < -0.4 is 5.32 Å². The van der Waals surface area contributed by atoms with E-state index in [2.05, 4.69) is 15.4 Å². The van der Waals surface area contributed by atoms with Gasteiger partial charge in [-0.1, -0.05) is 17.7 Å². The standard InChI is InChI=1S/C18H15F3N4OS/c1-10-2-6-12(7-3-10)25-15(18(19,20)21)13(8-22-25)16(26)24-17-23-14(9-27-17)11-4-5-11/h2-3,6-9,11H,4-5H2,1H3,(H,23,24,26). The summed E-state index contributed by atoms with van der Waals surface area (Å²) in [6.45, 7) is 1.83. The zero-order valence-electron chi connectivity index (χ0n) is 14.2. The molecule has 1 aliphatic rings. The summed E-state index contributed by atoms with van der Waals surface area (Å²) in [5, 5.41) is 8.39. The van der Waals surface area contributed by atoms with E-state index in [-0.39, 0.29) is 10.8 Å². The number of benzene rings is 1. The molecule has 0 aliphatic heterocycles. The first-order valence-electron chi connectivity index (χ1n) is 8.32. The van der Waals surface area contributed by atoms with E-state index in [1.165, 1.54) is 23.5 Å². The van der Waals surface area contributed by atoms with Crippen LogP contribution in [0.3, 0.4) is 0 Å². The number of thiazole rings is 1. The van der Waals surface area contributed by atoms with Gasteiger partial charge in [0.15, 0.2) is 10.8 Å². The largest absolute Gasteiger partial charge is 0.434 e. The lowest BCUT2D eigenvalue weighted by molar-refractivity contribution is -0.143. The highest BCUT2D eigenvalue weighted by atomic mass is 32.1. The number of hydrogen-bond acceptors (Lipinski definition) is 4. The lowest BCUT2D eigenvalue weighted by Gasteiger charge is -2.12. The van der Waals surface area contributed by atoms with E-state index in [0.29, 0.717) is 5.92 Å². The van der Waals surface area contributed by atoms with Gasteiger partial charge < -0.3 is 0 Å². The first-order chi connectivity index (χ1) is 12.8. The molecule has 0 atom stereocenters. The molecule has 0 spiro atoms. The van der Waals surface area contributed by atoms with Crippen LogP contribution in [-0.4, -0.2) is 20.7 Å². The van der Waals surface area contributed by atoms with E-state index in [4.69, 9.17) is 0 Å². The average Bonchev–Trinajstić information content (AvgIpc) is 3.17. The number of alkyl halides is 3. The van der Waals surface area contributed by atoms with Crippen LogP contribution in [0.5, 0.6) is 0 Å². The fourth-order valence-electron chi connectivity index (χ4n) is 2.74. The number of carbonyl (C=O) groups excluding carboxylic acids is 1. The summed E-state index contributed by atoms with van der Waals surface area (Å²) in [6.07, 6.45) is -1.69. The van der Waals surface area contributed by atoms with Crippen molar-refractivity contribution in [2.45, 2.75) is 31.9 Å². The maximum absolute atomic E-state index is 13.7. The summed E-state index contributed by atoms with van der Waals surface area (Å²) in [6, 6.07) is 6.43. The summed E-state index contributed by atoms with van der Waals surface area (Å²) in [4.78, 5) is 16.8. The second-order valence-corrected chi connectivity index (χ2v) is 7.32. The molecule has 9 heteroatoms. The van der Waals surface area contributed by atoms with Crippen molar-refractivity contribution in [1.82, 2.24) is 14.8 Å². The van der Waals surface area contributed by atoms with Crippen molar-refractivity contribution in [2.24, 2.45) is 0 Å². The van der Waals surface area contributed by atoms with Gasteiger partial charge in [-0.3, -0.25) is 10.1 Å². The Labute approximate surface area is 156 Å². The van der Waals surface area contributed by atoms with Gasteiger partial charge in [-0.25, -0.2) is 9.67 Å². The van der Waals surface area contributed by atoms with Gasteiger partial charge in [-0.05, 0) is 31.9 Å². The maximum atomic E-state index is 13.7. The Morgan fingerprint density at radius 3 is 2.59 bits per heavy atom. The number of halogens is 3. The summed E-state index contributed by atoms with van der Waals surface area (Å²) in [7, 11) is 0. The molecule has 2 heterocycles. The summed E-state index contributed by atoms with van der Waals surface area (Å²) in [5.74, 6) is -0.473. The molecule has 0 radical (unpaired) electrons. The van der Waals surface area contributed by atoms with Crippen LogP contribution in [0.1, 0.15) is 46.1 Å². The predicted molar refractivity (Wildman–Crippen MR) is 95.3 cm³/mol. The molecule has 3 aromatic rings. The highest BCUT2D eigenvalue weighted by Crippen LogP contribution is 2.41. The zero-order chi connectivity index (χ0) is 19.2. The molecule has 1 aromatic carbocycles. The lowest BCUT2D eigenvalue weighted by Crippen LogP contribution is -2.20. The fourth-order valence-corrected chi connectivity index (χ4v) is 3.53. The normalized spacial score (nSPS) is 14.4. The monoisotopic (exact) mass is 392 g/mol. The highest BCUT2D eigenvalue weighted by Gasteiger charge is 2.40. The number of aromatic nitrogens is 3. The number of amides is 1. The predicted octanol–water partition coefficient (Wildman–Crippen LogP) is 4.79. The molecule has 4 rings (SSSR count). The number of hydrogen-bond donors (Lipinski definition) is 1. The Morgan fingerprint density at radius 1 is 1.26 bits per heavy atom. The van der Waals surface area contributed by atoms with Crippen LogP contribution in [0.15, 0.2) is 35.8 Å². The minimum atomic E-state index is -4.74. The Hall–Kier alpha value is -2.68. The average molecular weight is 392 g/mol. The highest BCUT2D eigenvalue weighted by molar-refractivity contribution is 7.14. The van der Waals surface area contributed by atoms with Gasteiger partial charge in [0.05, 0.1) is 23.1 Å². The van der Waals surface area contributed by atoms with E-state index in [1.54, 1.807) is 12.1 Å². The molecule has 0 unspecified atom stereocenters. The third-order valence-corrected chi connectivity index (χ3v) is 5.07. The first kappa shape index (κ1) is 17.7. The number of nitrogens with zero attached hydrogens (tertiary/aromatic N) is 3. The molecule has 1 N–H and O–H groups in total. The molecule has 1 amide bonds. The van der Waals surface area contributed by atoms with Crippen molar-refractivity contribution < 1.29 is 18.0 Å². The molecule has 5 nitrogen and oxygen atoms in total. The fraction of sp³-hybridized carbons (Fsp3) is 0.278. The second-order valence-electron chi connectivity index (χ2n) is 6.46. The van der Waals surface area contributed by atoms with Crippen molar-refractivity contribution in [3.63, 3.8) is 0 Å². The van der Waals surface area contributed by atoms with Crippen molar-refractivity contribution in [1.29, 1.82) is 0 Å². The number of carbonyl (C=O) groups is 1. The lowest BCUT2D eigenvalue weighted by atomic mass is 10.2. The van der Waals surface area contributed by atoms with Gasteiger partial charge in [0.2, 0.25) is 0 Å². The number of nitrogens with one attached hydrogen (secondary N) is 1. The maximum Gasteiger partial charge on any atom is 0.434 e. The van der Waals surface area contributed by atoms with E-state index in [1.807, 2.05) is 12.3 Å². The van der Waals surface area contributed by atoms with Gasteiger partial charge in [0.25, 0.3) is 5.91 Å². The molecule has 1 aliphatic carbocycles. The molecule has 140 valence electrons. The van der Waals surface area contributed by atoms with Crippen LogP contribution in [0, 0.1) is 6.92 Å². The molecule has 0 bridgehead atoms. The molecule has 2 aromatic heterocycles. The Balaban J connectivity index is 1.66. The number of rotatable bonds is 4. The van der Waals surface area contributed by atoms with Crippen LogP contribution in [-0.2, 0) is 6.18 Å². The van der Waals surface area contributed by atoms with Crippen molar-refractivity contribution >= 4 is 22.4 Å². The molecule has 0 saturated heterocycles. The van der Waals surface area contributed by atoms with Gasteiger partial charge >= 0.3 is 6.18 Å². The Bertz CT molecular complexity index is 987. The quantitative estimate of drug-likeness (QED) is 0.695. The summed E-state index contributed by atoms with van der Waals surface area (Å²) >= 11 is 1.21. The molecular formula is C18H15F3N4OS. The van der Waals surface area contributed by atoms with Crippen molar-refractivity contribution in [3.8, 4) is 5.69 Å². The molecule has 1 saturated carbocycles. The van der Waals surface area contributed by atoms with Gasteiger partial charge in [-0.15, -0.1) is 11.3 Å². The van der Waals surface area contributed by atoms with Gasteiger partial charge in [0.1, 0.15) is 0 Å². The smallest absolute Gasteiger partial charge is 0.298 e. The van der Waals surface area contributed by atoms with Crippen LogP contribution in [0.4, 0.5) is 18.3 Å². The van der Waals surface area contributed by atoms with Crippen molar-refractivity contribution in [2.75, 3.05) is 5.32 Å². The van der Waals surface area contributed by atoms with Crippen LogP contribution >= 0.6 is 11.3 Å². The van der Waals surface area contributed by atoms with Gasteiger partial charge in [0, 0.05) is 11.3 Å². The van der Waals surface area contributed by atoms with Crippen molar-refractivity contribution in [3.05, 3.63) is 58.4 Å². The molecule has 27 heavy (non-hydrogen) atoms. The second kappa shape index (κ2) is 6.49. The van der Waals surface area contributed by atoms with Gasteiger partial charge in [-0.2, -0.15) is 18.3 Å². The van der Waals surface area contributed by atoms with E-state index in [0.717, 1.165) is 35.0 Å². The summed E-state index contributed by atoms with van der Waals surface area (Å²) < 4.78 is 41.8. The van der Waals surface area contributed by atoms with Crippen LogP contribution in [0.25, 0.3) is 5.69 Å². The third-order valence-electron chi connectivity index (χ3n) is 4.30. The zero-order valence-corrected chi connectivity index (χ0v) is 15.1. The van der Waals surface area contributed by atoms with E-state index >= 15 is 0 Å². The third kappa shape index (κ3) is 3.59. The van der Waals surface area contributed by atoms with Crippen LogP contribution in [0.2, 0.25) is 0 Å². The first-order valence-corrected chi connectivity index (χ1v) is 9.20. The Kier molecular flexibility index (Phi) is 4.26. The number of anilines is 1. The molecular weight excluding hydrogens is 377 g/mol.